The second-order valence-electron chi connectivity index (χ2n) is 4.97. The number of aliphatic hydroxyl groups is 1. The van der Waals surface area contributed by atoms with Crippen LogP contribution in [0.3, 0.4) is 0 Å². The van der Waals surface area contributed by atoms with E-state index in [1.807, 2.05) is 13.8 Å². The summed E-state index contributed by atoms with van der Waals surface area (Å²) in [6.07, 6.45) is 2.53. The van der Waals surface area contributed by atoms with Crippen LogP contribution in [0.2, 0.25) is 0 Å². The maximum absolute atomic E-state index is 10.1. The molecule has 0 aliphatic carbocycles. The van der Waals surface area contributed by atoms with Crippen LogP contribution in [0.4, 0.5) is 11.5 Å². The molecule has 0 fully saturated rings. The molecule has 2 aromatic rings. The van der Waals surface area contributed by atoms with Gasteiger partial charge in [0.15, 0.2) is 0 Å². The molecule has 4 N–H and O–H groups in total. The maximum atomic E-state index is 10.1. The molecule has 0 aliphatic rings. The minimum absolute atomic E-state index is 0.0370. The molecular formula is C15H20N4O2. The first kappa shape index (κ1) is 15.1. The zero-order chi connectivity index (χ0) is 15.2. The van der Waals surface area contributed by atoms with E-state index in [4.69, 9.17) is 10.5 Å². The van der Waals surface area contributed by atoms with Crippen LogP contribution in [0.25, 0.3) is 0 Å². The number of aromatic nitrogens is 2. The summed E-state index contributed by atoms with van der Waals surface area (Å²) < 4.78 is 5.47. The third-order valence-corrected chi connectivity index (χ3v) is 2.77. The van der Waals surface area contributed by atoms with Crippen LogP contribution >= 0.6 is 0 Å². The molecule has 21 heavy (non-hydrogen) atoms. The Kier molecular flexibility index (Phi) is 4.94. The Hall–Kier alpha value is -2.34. The normalized spacial score (nSPS) is 12.2. The number of hydrogen-bond donors (Lipinski definition) is 3. The van der Waals surface area contributed by atoms with Crippen molar-refractivity contribution in [2.75, 3.05) is 17.6 Å². The number of nitrogen functional groups attached to an aromatic ring is 1. The fourth-order valence-corrected chi connectivity index (χ4v) is 1.77. The molecule has 0 saturated carbocycles. The highest BCUT2D eigenvalue weighted by molar-refractivity contribution is 5.40. The summed E-state index contributed by atoms with van der Waals surface area (Å²) in [6.45, 7) is 4.17. The van der Waals surface area contributed by atoms with Crippen molar-refractivity contribution in [3.8, 4) is 5.88 Å². The van der Waals surface area contributed by atoms with Crippen molar-refractivity contribution in [2.45, 2.75) is 26.1 Å². The topological polar surface area (TPSA) is 93.3 Å². The Labute approximate surface area is 124 Å². The summed E-state index contributed by atoms with van der Waals surface area (Å²) in [5, 5.41) is 13.1. The number of rotatable bonds is 6. The highest BCUT2D eigenvalue weighted by atomic mass is 16.5. The molecule has 0 radical (unpaired) electrons. The average molecular weight is 288 g/mol. The number of anilines is 2. The molecule has 0 aliphatic heterocycles. The van der Waals surface area contributed by atoms with Gasteiger partial charge in [-0.15, -0.1) is 0 Å². The van der Waals surface area contributed by atoms with Gasteiger partial charge in [0.25, 0.3) is 0 Å². The van der Waals surface area contributed by atoms with Crippen LogP contribution in [0, 0.1) is 0 Å². The Balaban J connectivity index is 1.94. The van der Waals surface area contributed by atoms with Crippen molar-refractivity contribution >= 4 is 11.5 Å². The molecule has 1 unspecified atom stereocenters. The highest BCUT2D eigenvalue weighted by Crippen LogP contribution is 2.16. The van der Waals surface area contributed by atoms with Crippen LogP contribution in [0.1, 0.15) is 25.5 Å². The number of hydrogen-bond acceptors (Lipinski definition) is 6. The lowest BCUT2D eigenvalue weighted by Gasteiger charge is -2.14. The summed E-state index contributed by atoms with van der Waals surface area (Å²) in [5.74, 6) is 1.01. The largest absolute Gasteiger partial charge is 0.474 e. The average Bonchev–Trinajstić information content (AvgIpc) is 2.45. The Morgan fingerprint density at radius 2 is 1.95 bits per heavy atom. The Morgan fingerprint density at radius 3 is 2.62 bits per heavy atom. The molecule has 0 bridgehead atoms. The smallest absolute Gasteiger partial charge is 0.234 e. The first-order valence-corrected chi connectivity index (χ1v) is 6.80. The van der Waals surface area contributed by atoms with E-state index in [9.17, 15) is 5.11 Å². The van der Waals surface area contributed by atoms with E-state index in [-0.39, 0.29) is 6.10 Å². The van der Waals surface area contributed by atoms with Gasteiger partial charge >= 0.3 is 0 Å². The predicted molar refractivity (Wildman–Crippen MR) is 82.1 cm³/mol. The fraction of sp³-hybridized carbons (Fsp3) is 0.333. The van der Waals surface area contributed by atoms with Gasteiger partial charge in [0, 0.05) is 12.2 Å². The predicted octanol–water partition coefficient (Wildman–Crippen LogP) is 1.99. The van der Waals surface area contributed by atoms with Crippen LogP contribution in [-0.4, -0.2) is 27.7 Å². The summed E-state index contributed by atoms with van der Waals surface area (Å²) in [7, 11) is 0. The fourth-order valence-electron chi connectivity index (χ4n) is 1.77. The molecule has 0 amide bonds. The van der Waals surface area contributed by atoms with Gasteiger partial charge in [-0.1, -0.05) is 12.1 Å². The molecule has 1 atom stereocenters. The molecule has 6 nitrogen and oxygen atoms in total. The molecule has 0 spiro atoms. The molecule has 1 aromatic heterocycles. The summed E-state index contributed by atoms with van der Waals surface area (Å²) >= 11 is 0. The molecule has 2 rings (SSSR count). The van der Waals surface area contributed by atoms with Crippen LogP contribution in [-0.2, 0) is 0 Å². The van der Waals surface area contributed by atoms with Gasteiger partial charge in [-0.2, -0.15) is 4.98 Å². The lowest BCUT2D eigenvalue weighted by molar-refractivity contribution is 0.191. The molecule has 0 saturated heterocycles. The second-order valence-corrected chi connectivity index (χ2v) is 4.97. The van der Waals surface area contributed by atoms with E-state index in [0.29, 0.717) is 23.9 Å². The number of nitrogens with two attached hydrogens (primary N) is 1. The van der Waals surface area contributed by atoms with Crippen molar-refractivity contribution in [1.29, 1.82) is 0 Å². The van der Waals surface area contributed by atoms with Gasteiger partial charge in [0.05, 0.1) is 24.6 Å². The zero-order valence-electron chi connectivity index (χ0n) is 12.2. The van der Waals surface area contributed by atoms with E-state index in [1.165, 1.54) is 0 Å². The number of nitrogens with zero attached hydrogens (tertiary/aromatic N) is 2. The van der Waals surface area contributed by atoms with Crippen molar-refractivity contribution in [2.24, 2.45) is 0 Å². The van der Waals surface area contributed by atoms with Gasteiger partial charge in [-0.05, 0) is 31.5 Å². The molecule has 112 valence electrons. The monoisotopic (exact) mass is 288 g/mol. The molecule has 1 heterocycles. The van der Waals surface area contributed by atoms with Gasteiger partial charge in [0.1, 0.15) is 5.82 Å². The standard InChI is InChI=1S/C15H20N4O2/c1-10(2)21-15-9-17-8-14(19-15)18-7-13(20)11-3-5-12(16)6-4-11/h3-6,8-10,13,20H,7,16H2,1-2H3,(H,18,19). The van der Waals surface area contributed by atoms with E-state index in [1.54, 1.807) is 36.7 Å². The van der Waals surface area contributed by atoms with Gasteiger partial charge in [-0.3, -0.25) is 4.98 Å². The van der Waals surface area contributed by atoms with Crippen molar-refractivity contribution in [1.82, 2.24) is 9.97 Å². The number of benzene rings is 1. The summed E-state index contributed by atoms with van der Waals surface area (Å²) in [6, 6.07) is 7.11. The van der Waals surface area contributed by atoms with Gasteiger partial charge < -0.3 is 20.9 Å². The minimum Gasteiger partial charge on any atom is -0.474 e. The zero-order valence-corrected chi connectivity index (χ0v) is 12.2. The molecule has 1 aromatic carbocycles. The van der Waals surface area contributed by atoms with Crippen molar-refractivity contribution in [3.63, 3.8) is 0 Å². The number of ether oxygens (including phenoxy) is 1. The van der Waals surface area contributed by atoms with Crippen LogP contribution in [0.5, 0.6) is 5.88 Å². The van der Waals surface area contributed by atoms with Crippen LogP contribution in [0.15, 0.2) is 36.7 Å². The highest BCUT2D eigenvalue weighted by Gasteiger charge is 2.08. The van der Waals surface area contributed by atoms with Gasteiger partial charge in [0.2, 0.25) is 5.88 Å². The molecular weight excluding hydrogens is 268 g/mol. The SMILES string of the molecule is CC(C)Oc1cncc(NCC(O)c2ccc(N)cc2)n1. The van der Waals surface area contributed by atoms with E-state index < -0.39 is 6.10 Å². The summed E-state index contributed by atoms with van der Waals surface area (Å²) in [4.78, 5) is 8.32. The summed E-state index contributed by atoms with van der Waals surface area (Å²) in [5.41, 5.74) is 7.08. The van der Waals surface area contributed by atoms with Crippen molar-refractivity contribution < 1.29 is 9.84 Å². The number of nitrogens with one attached hydrogen (secondary N) is 1. The number of aliphatic hydroxyl groups excluding tert-OH is 1. The van der Waals surface area contributed by atoms with Crippen LogP contribution < -0.4 is 15.8 Å². The maximum Gasteiger partial charge on any atom is 0.234 e. The quantitative estimate of drug-likeness (QED) is 0.704. The third-order valence-electron chi connectivity index (χ3n) is 2.77. The van der Waals surface area contributed by atoms with E-state index >= 15 is 0 Å². The Bertz CT molecular complexity index is 572. The van der Waals surface area contributed by atoms with E-state index in [2.05, 4.69) is 15.3 Å². The second kappa shape index (κ2) is 6.90. The first-order chi connectivity index (χ1) is 10.0. The van der Waals surface area contributed by atoms with E-state index in [0.717, 1.165) is 5.56 Å². The van der Waals surface area contributed by atoms with Gasteiger partial charge in [-0.25, -0.2) is 0 Å². The lowest BCUT2D eigenvalue weighted by Crippen LogP contribution is -2.14. The minimum atomic E-state index is -0.651. The lowest BCUT2D eigenvalue weighted by atomic mass is 10.1. The third kappa shape index (κ3) is 4.61. The van der Waals surface area contributed by atoms with Crippen molar-refractivity contribution in [3.05, 3.63) is 42.2 Å². The molecule has 6 heteroatoms. The Morgan fingerprint density at radius 1 is 1.24 bits per heavy atom. The first-order valence-electron chi connectivity index (χ1n) is 6.80.